The first kappa shape index (κ1) is 14.2. The number of carbonyl (C=O) groups is 1. The minimum Gasteiger partial charge on any atom is -0.356 e. The van der Waals surface area contributed by atoms with Crippen LogP contribution in [-0.4, -0.2) is 48.6 Å². The number of aromatic nitrogens is 1. The number of halogens is 3. The van der Waals surface area contributed by atoms with Gasteiger partial charge in [0.2, 0.25) is 6.41 Å². The number of alkyl halides is 3. The number of carbonyl (C=O) groups excluding carboxylic acids is 1. The summed E-state index contributed by atoms with van der Waals surface area (Å²) >= 11 is 0. The average Bonchev–Trinajstić information content (AvgIpc) is 2.88. The number of amides is 1. The Balaban J connectivity index is 1.62. The lowest BCUT2D eigenvalue weighted by molar-refractivity contribution is -0.168. The molecule has 2 fully saturated rings. The second kappa shape index (κ2) is 5.20. The van der Waals surface area contributed by atoms with Gasteiger partial charge in [-0.2, -0.15) is 13.2 Å². The van der Waals surface area contributed by atoms with E-state index >= 15 is 0 Å². The number of hydrogen-bond donors (Lipinski definition) is 0. The Bertz CT molecular complexity index is 511. The topological polar surface area (TPSA) is 36.4 Å². The third kappa shape index (κ3) is 2.82. The van der Waals surface area contributed by atoms with Crippen molar-refractivity contribution in [2.75, 3.05) is 31.1 Å². The minimum absolute atomic E-state index is 0.0157. The summed E-state index contributed by atoms with van der Waals surface area (Å²) in [6.45, 7) is 1.74. The molecule has 21 heavy (non-hydrogen) atoms. The summed E-state index contributed by atoms with van der Waals surface area (Å²) in [6, 6.07) is 3.67. The molecule has 2 aliphatic heterocycles. The van der Waals surface area contributed by atoms with Gasteiger partial charge in [0.25, 0.3) is 0 Å². The molecule has 4 nitrogen and oxygen atoms in total. The predicted molar refractivity (Wildman–Crippen MR) is 71.0 cm³/mol. The zero-order chi connectivity index (χ0) is 15.0. The summed E-state index contributed by atoms with van der Waals surface area (Å²) in [5.74, 6) is -0.373. The van der Waals surface area contributed by atoms with Gasteiger partial charge in [-0.05, 0) is 18.1 Å². The largest absolute Gasteiger partial charge is 0.393 e. The Morgan fingerprint density at radius 3 is 2.52 bits per heavy atom. The molecule has 2 saturated heterocycles. The van der Waals surface area contributed by atoms with Crippen LogP contribution in [-0.2, 0) is 4.79 Å². The predicted octanol–water partition coefficient (Wildman–Crippen LogP) is 2.03. The first-order valence-electron chi connectivity index (χ1n) is 6.94. The molecular formula is C14H16F3N3O. The maximum absolute atomic E-state index is 12.7. The Morgan fingerprint density at radius 1 is 1.24 bits per heavy atom. The molecule has 0 spiro atoms. The molecule has 0 bridgehead atoms. The van der Waals surface area contributed by atoms with Crippen molar-refractivity contribution in [3.63, 3.8) is 0 Å². The molecule has 3 heterocycles. The van der Waals surface area contributed by atoms with E-state index in [1.165, 1.54) is 0 Å². The van der Waals surface area contributed by atoms with E-state index < -0.39 is 12.1 Å². The van der Waals surface area contributed by atoms with Crippen molar-refractivity contribution in [2.24, 2.45) is 5.92 Å². The normalized spacial score (nSPS) is 23.3. The van der Waals surface area contributed by atoms with E-state index in [-0.39, 0.29) is 13.0 Å². The number of likely N-dealkylation sites (tertiary alicyclic amines) is 1. The molecule has 1 amide bonds. The Morgan fingerprint density at radius 2 is 2.00 bits per heavy atom. The van der Waals surface area contributed by atoms with Crippen LogP contribution in [0.5, 0.6) is 0 Å². The van der Waals surface area contributed by atoms with Crippen molar-refractivity contribution in [3.05, 3.63) is 23.9 Å². The highest BCUT2D eigenvalue weighted by Crippen LogP contribution is 2.35. The molecule has 0 aromatic carbocycles. The van der Waals surface area contributed by atoms with Crippen LogP contribution in [0.3, 0.4) is 0 Å². The Kier molecular flexibility index (Phi) is 3.51. The van der Waals surface area contributed by atoms with Crippen LogP contribution in [0.25, 0.3) is 0 Å². The molecule has 1 atom stereocenters. The fourth-order valence-electron chi connectivity index (χ4n) is 2.87. The quantitative estimate of drug-likeness (QED) is 0.801. The van der Waals surface area contributed by atoms with Gasteiger partial charge in [-0.1, -0.05) is 6.07 Å². The third-order valence-electron chi connectivity index (χ3n) is 4.28. The van der Waals surface area contributed by atoms with Gasteiger partial charge in [0.15, 0.2) is 0 Å². The number of nitrogens with zero attached hydrogens (tertiary/aromatic N) is 3. The van der Waals surface area contributed by atoms with E-state index in [0.717, 1.165) is 12.0 Å². The van der Waals surface area contributed by atoms with Crippen LogP contribution in [0.4, 0.5) is 19.0 Å². The van der Waals surface area contributed by atoms with E-state index in [2.05, 4.69) is 4.98 Å². The number of pyridine rings is 1. The zero-order valence-corrected chi connectivity index (χ0v) is 11.4. The Labute approximate surface area is 120 Å². The van der Waals surface area contributed by atoms with Gasteiger partial charge >= 0.3 is 6.18 Å². The first-order chi connectivity index (χ1) is 9.97. The van der Waals surface area contributed by atoms with Crippen LogP contribution < -0.4 is 4.90 Å². The summed E-state index contributed by atoms with van der Waals surface area (Å²) in [5, 5.41) is 0. The molecule has 1 aromatic heterocycles. The third-order valence-corrected chi connectivity index (χ3v) is 4.28. The van der Waals surface area contributed by atoms with Gasteiger partial charge in [0.1, 0.15) is 5.82 Å². The number of anilines is 1. The van der Waals surface area contributed by atoms with Crippen LogP contribution >= 0.6 is 0 Å². The second-order valence-corrected chi connectivity index (χ2v) is 5.68. The van der Waals surface area contributed by atoms with E-state index in [4.69, 9.17) is 0 Å². The van der Waals surface area contributed by atoms with Gasteiger partial charge in [0, 0.05) is 38.3 Å². The van der Waals surface area contributed by atoms with Gasteiger partial charge in [-0.25, -0.2) is 4.98 Å². The lowest BCUT2D eigenvalue weighted by atomic mass is 9.93. The summed E-state index contributed by atoms with van der Waals surface area (Å²) in [4.78, 5) is 18.2. The standard InChI is InChI=1S/C14H16F3N3O/c15-14(16,17)12-3-4-20(8-12)13-2-1-10(5-18-13)11-6-19(7-11)9-21/h1-2,5,9,11-12H,3-4,6-8H2. The van der Waals surface area contributed by atoms with E-state index in [9.17, 15) is 18.0 Å². The summed E-state index contributed by atoms with van der Waals surface area (Å²) in [7, 11) is 0. The van der Waals surface area contributed by atoms with Crippen LogP contribution in [0.2, 0.25) is 0 Å². The zero-order valence-electron chi connectivity index (χ0n) is 11.4. The molecule has 114 valence electrons. The van der Waals surface area contributed by atoms with Crippen molar-refractivity contribution in [2.45, 2.75) is 18.5 Å². The molecule has 1 aromatic rings. The highest BCUT2D eigenvalue weighted by molar-refractivity contribution is 5.50. The second-order valence-electron chi connectivity index (χ2n) is 5.68. The number of hydrogen-bond acceptors (Lipinski definition) is 3. The average molecular weight is 299 g/mol. The maximum atomic E-state index is 12.7. The van der Waals surface area contributed by atoms with Gasteiger partial charge in [-0.3, -0.25) is 4.79 Å². The van der Waals surface area contributed by atoms with Gasteiger partial charge in [0.05, 0.1) is 5.92 Å². The van der Waals surface area contributed by atoms with Crippen molar-refractivity contribution in [3.8, 4) is 0 Å². The monoisotopic (exact) mass is 299 g/mol. The van der Waals surface area contributed by atoms with Crippen LogP contribution in [0.15, 0.2) is 18.3 Å². The first-order valence-corrected chi connectivity index (χ1v) is 6.94. The lowest BCUT2D eigenvalue weighted by Crippen LogP contribution is -2.43. The fraction of sp³-hybridized carbons (Fsp3) is 0.571. The molecule has 3 rings (SSSR count). The van der Waals surface area contributed by atoms with E-state index in [1.54, 1.807) is 22.1 Å². The SMILES string of the molecule is O=CN1CC(c2ccc(N3CCC(C(F)(F)F)C3)nc2)C1. The molecule has 2 aliphatic rings. The highest BCUT2D eigenvalue weighted by atomic mass is 19.4. The molecule has 0 saturated carbocycles. The van der Waals surface area contributed by atoms with Crippen molar-refractivity contribution in [1.82, 2.24) is 9.88 Å². The van der Waals surface area contributed by atoms with E-state index in [0.29, 0.717) is 31.4 Å². The molecule has 0 radical (unpaired) electrons. The van der Waals surface area contributed by atoms with Gasteiger partial charge < -0.3 is 9.80 Å². The molecule has 7 heteroatoms. The highest BCUT2D eigenvalue weighted by Gasteiger charge is 2.43. The van der Waals surface area contributed by atoms with Crippen LogP contribution in [0, 0.1) is 5.92 Å². The summed E-state index contributed by atoms with van der Waals surface area (Å²) in [5.41, 5.74) is 1.03. The summed E-state index contributed by atoms with van der Waals surface area (Å²) in [6.07, 6.45) is -1.47. The minimum atomic E-state index is -4.13. The lowest BCUT2D eigenvalue weighted by Gasteiger charge is -2.36. The van der Waals surface area contributed by atoms with Crippen molar-refractivity contribution in [1.29, 1.82) is 0 Å². The molecule has 0 N–H and O–H groups in total. The molecular weight excluding hydrogens is 283 g/mol. The molecule has 0 aliphatic carbocycles. The van der Waals surface area contributed by atoms with Crippen LogP contribution in [0.1, 0.15) is 17.9 Å². The Hall–Kier alpha value is -1.79. The van der Waals surface area contributed by atoms with Crippen molar-refractivity contribution < 1.29 is 18.0 Å². The maximum Gasteiger partial charge on any atom is 0.393 e. The molecule has 1 unspecified atom stereocenters. The fourth-order valence-corrected chi connectivity index (χ4v) is 2.87. The van der Waals surface area contributed by atoms with Gasteiger partial charge in [-0.15, -0.1) is 0 Å². The smallest absolute Gasteiger partial charge is 0.356 e. The van der Waals surface area contributed by atoms with Crippen molar-refractivity contribution >= 4 is 12.2 Å². The van der Waals surface area contributed by atoms with E-state index in [1.807, 2.05) is 6.07 Å². The number of rotatable bonds is 3. The summed E-state index contributed by atoms with van der Waals surface area (Å²) < 4.78 is 38.0.